The van der Waals surface area contributed by atoms with E-state index in [-0.39, 0.29) is 11.7 Å². The average molecular weight is 681 g/mol. The molecule has 0 aliphatic carbocycles. The number of aliphatic hydroxyl groups is 3. The van der Waals surface area contributed by atoms with Gasteiger partial charge in [0.05, 0.1) is 50.7 Å². The number of nitrogens with one attached hydrogen (secondary N) is 1. The van der Waals surface area contributed by atoms with Crippen molar-refractivity contribution in [2.45, 2.75) is 49.7 Å². The maximum atomic E-state index is 13.6. The van der Waals surface area contributed by atoms with Crippen molar-refractivity contribution in [2.75, 3.05) is 46.6 Å². The number of hydrogen-bond donors (Lipinski definition) is 7. The summed E-state index contributed by atoms with van der Waals surface area (Å²) in [6.07, 6.45) is 2.06. The van der Waals surface area contributed by atoms with Crippen molar-refractivity contribution in [3.05, 3.63) is 47.8 Å². The Labute approximate surface area is 270 Å². The van der Waals surface area contributed by atoms with Gasteiger partial charge in [0.1, 0.15) is 28.8 Å². The molecule has 258 valence electrons. The highest BCUT2D eigenvalue weighted by molar-refractivity contribution is 7.50. The van der Waals surface area contributed by atoms with E-state index in [1.807, 2.05) is 0 Å². The Hall–Kier alpha value is -3.83. The van der Waals surface area contributed by atoms with E-state index in [0.717, 1.165) is 4.68 Å². The molecule has 0 saturated carbocycles. The number of benzene rings is 1. The smallest absolute Gasteiger partial charge is 0.409 e. The molecule has 8 N–H and O–H groups in total. The minimum Gasteiger partial charge on any atom is -0.485 e. The molecular weight excluding hydrogens is 639 g/mol. The maximum Gasteiger partial charge on any atom is 0.409 e. The van der Waals surface area contributed by atoms with Crippen LogP contribution in [0, 0.1) is 0 Å². The number of aliphatic hydroxyl groups excluding tert-OH is 3. The van der Waals surface area contributed by atoms with Gasteiger partial charge >= 0.3 is 13.7 Å². The quantitative estimate of drug-likeness (QED) is 0.152. The number of amides is 2. The molecule has 17 nitrogen and oxygen atoms in total. The van der Waals surface area contributed by atoms with Crippen LogP contribution in [0.15, 0.2) is 36.5 Å². The number of carbonyl (C=O) groups excluding carboxylic acids is 2. The van der Waals surface area contributed by atoms with E-state index in [2.05, 4.69) is 15.4 Å². The highest BCUT2D eigenvalue weighted by Crippen LogP contribution is 2.44. The van der Waals surface area contributed by atoms with Crippen LogP contribution in [-0.4, -0.2) is 115 Å². The molecule has 18 heteroatoms. The van der Waals surface area contributed by atoms with Crippen LogP contribution in [0.2, 0.25) is 0 Å². The summed E-state index contributed by atoms with van der Waals surface area (Å²) in [6, 6.07) is 7.95. The summed E-state index contributed by atoms with van der Waals surface area (Å²) in [6.45, 7) is 1.77. The van der Waals surface area contributed by atoms with E-state index in [4.69, 9.17) is 35.3 Å². The van der Waals surface area contributed by atoms with Crippen LogP contribution in [-0.2, 0) is 15.6 Å². The van der Waals surface area contributed by atoms with Crippen molar-refractivity contribution in [1.82, 2.24) is 25.0 Å². The van der Waals surface area contributed by atoms with Crippen molar-refractivity contribution in [3.8, 4) is 11.6 Å². The van der Waals surface area contributed by atoms with E-state index < -0.39 is 56.8 Å². The molecule has 2 aliphatic heterocycles. The fourth-order valence-corrected chi connectivity index (χ4v) is 5.82. The number of pyridine rings is 1. The standard InChI is InChI=1S/C25H30N5O8P.C4H11NO3/c1-3-37-24(32)29-11-9-25(10-12-29)13-18(22-19(38-25)7-8-20(27-22)36-2)26-23(31)17-6-4-5-16-14-30(28-21(16)17)15-39(33,34)35;5-4(1-6,2-7)3-8/h4-8,14,18H,3,9-13,15H2,1-2H3,(H,26,31)(H2,33,34,35);6-8H,1-3,5H2/t18-;/m0./s1. The molecule has 1 spiro atoms. The molecule has 2 aliphatic rings. The van der Waals surface area contributed by atoms with Crippen molar-refractivity contribution < 1.29 is 53.5 Å². The summed E-state index contributed by atoms with van der Waals surface area (Å²) >= 11 is 0. The highest BCUT2D eigenvalue weighted by atomic mass is 31.2. The molecule has 0 bridgehead atoms. The molecule has 0 radical (unpaired) electrons. The molecule has 1 fully saturated rings. The number of hydrogen-bond acceptors (Lipinski definition) is 12. The van der Waals surface area contributed by atoms with E-state index in [1.54, 1.807) is 42.2 Å². The van der Waals surface area contributed by atoms with Gasteiger partial charge in [0.25, 0.3) is 5.91 Å². The van der Waals surface area contributed by atoms with Gasteiger partial charge in [0.2, 0.25) is 5.88 Å². The fourth-order valence-electron chi connectivity index (χ4n) is 5.30. The number of piperidine rings is 1. The summed E-state index contributed by atoms with van der Waals surface area (Å²) in [5.41, 5.74) is 4.43. The van der Waals surface area contributed by atoms with Crippen LogP contribution in [0.4, 0.5) is 4.79 Å². The first-order valence-electron chi connectivity index (χ1n) is 14.9. The Balaban J connectivity index is 0.000000555. The van der Waals surface area contributed by atoms with Crippen LogP contribution in [0.5, 0.6) is 11.6 Å². The SMILES string of the molecule is CCOC(=O)N1CCC2(CC1)C[C@H](NC(=O)c1cccc3cn(CP(=O)(O)O)nc13)c1nc(OC)ccc1O2.NC(CO)(CO)CO. The number of rotatable bonds is 9. The zero-order valence-electron chi connectivity index (χ0n) is 26.1. The van der Waals surface area contributed by atoms with Gasteiger partial charge in [-0.25, -0.2) is 9.78 Å². The number of fused-ring (bicyclic) bond motifs is 2. The molecule has 2 aromatic heterocycles. The molecule has 0 unspecified atom stereocenters. The number of methoxy groups -OCH3 is 1. The van der Waals surface area contributed by atoms with Gasteiger partial charge in [-0.15, -0.1) is 0 Å². The van der Waals surface area contributed by atoms with Crippen molar-refractivity contribution in [1.29, 1.82) is 0 Å². The van der Waals surface area contributed by atoms with Crippen molar-refractivity contribution in [2.24, 2.45) is 5.73 Å². The molecule has 2 amide bonds. The molecule has 1 aromatic carbocycles. The predicted octanol–water partition coefficient (Wildman–Crippen LogP) is 0.481. The summed E-state index contributed by atoms with van der Waals surface area (Å²) in [4.78, 5) is 50.7. The predicted molar refractivity (Wildman–Crippen MR) is 167 cm³/mol. The minimum atomic E-state index is -4.36. The lowest BCUT2D eigenvalue weighted by molar-refractivity contribution is -0.0246. The number of nitrogens with zero attached hydrogens (tertiary/aromatic N) is 4. The van der Waals surface area contributed by atoms with E-state index in [1.165, 1.54) is 13.3 Å². The van der Waals surface area contributed by atoms with E-state index >= 15 is 0 Å². The van der Waals surface area contributed by atoms with Gasteiger partial charge in [-0.1, -0.05) is 12.1 Å². The molecule has 5 rings (SSSR count). The first kappa shape index (κ1) is 36.0. The highest BCUT2D eigenvalue weighted by Gasteiger charge is 2.45. The Morgan fingerprint density at radius 3 is 2.40 bits per heavy atom. The molecule has 1 saturated heterocycles. The minimum absolute atomic E-state index is 0.263. The lowest BCUT2D eigenvalue weighted by atomic mass is 9.81. The number of aromatic nitrogens is 3. The normalized spacial score (nSPS) is 17.3. The van der Waals surface area contributed by atoms with Gasteiger partial charge in [-0.05, 0) is 19.1 Å². The van der Waals surface area contributed by atoms with Crippen LogP contribution in [0.3, 0.4) is 0 Å². The van der Waals surface area contributed by atoms with Gasteiger partial charge in [0.15, 0.2) is 0 Å². The Bertz CT molecular complexity index is 1590. The Morgan fingerprint density at radius 2 is 1.83 bits per heavy atom. The number of ether oxygens (including phenoxy) is 3. The van der Waals surface area contributed by atoms with Crippen molar-refractivity contribution in [3.63, 3.8) is 0 Å². The lowest BCUT2D eigenvalue weighted by Crippen LogP contribution is -2.53. The third kappa shape index (κ3) is 8.75. The molecule has 47 heavy (non-hydrogen) atoms. The molecule has 3 aromatic rings. The summed E-state index contributed by atoms with van der Waals surface area (Å²) in [7, 11) is -2.85. The second kappa shape index (κ2) is 14.9. The largest absolute Gasteiger partial charge is 0.485 e. The number of likely N-dealkylation sites (tertiary alicyclic amines) is 1. The average Bonchev–Trinajstić information content (AvgIpc) is 3.46. The zero-order chi connectivity index (χ0) is 34.4. The molecule has 1 atom stereocenters. The second-order valence-electron chi connectivity index (χ2n) is 11.5. The monoisotopic (exact) mass is 680 g/mol. The summed E-state index contributed by atoms with van der Waals surface area (Å²) in [5.74, 6) is 0.493. The van der Waals surface area contributed by atoms with Gasteiger partial charge in [-0.2, -0.15) is 5.10 Å². The Morgan fingerprint density at radius 1 is 1.15 bits per heavy atom. The first-order chi connectivity index (χ1) is 22.3. The number of carbonyl (C=O) groups is 2. The third-order valence-corrected chi connectivity index (χ3v) is 8.57. The second-order valence-corrected chi connectivity index (χ2v) is 13.1. The van der Waals surface area contributed by atoms with Gasteiger partial charge in [-0.3, -0.25) is 14.0 Å². The van der Waals surface area contributed by atoms with Crippen LogP contribution in [0.25, 0.3) is 10.9 Å². The van der Waals surface area contributed by atoms with Crippen LogP contribution >= 0.6 is 7.60 Å². The van der Waals surface area contributed by atoms with Crippen molar-refractivity contribution >= 4 is 30.5 Å². The van der Waals surface area contributed by atoms with Gasteiger partial charge < -0.3 is 55.3 Å². The topological polar surface area (TPSA) is 252 Å². The molecular formula is C29H41N6O11P. The van der Waals surface area contributed by atoms with Crippen LogP contribution < -0.4 is 20.5 Å². The summed E-state index contributed by atoms with van der Waals surface area (Å²) < 4.78 is 29.5. The third-order valence-electron chi connectivity index (χ3n) is 7.91. The molecule has 4 heterocycles. The first-order valence-corrected chi connectivity index (χ1v) is 16.7. The summed E-state index contributed by atoms with van der Waals surface area (Å²) in [5, 5.41) is 32.9. The fraction of sp³-hybridized carbons (Fsp3) is 0.517. The van der Waals surface area contributed by atoms with Crippen LogP contribution in [0.1, 0.15) is 48.3 Å². The zero-order valence-corrected chi connectivity index (χ0v) is 27.0. The van der Waals surface area contributed by atoms with E-state index in [0.29, 0.717) is 67.2 Å². The van der Waals surface area contributed by atoms with Gasteiger partial charge in [0, 0.05) is 50.0 Å². The number of nitrogens with two attached hydrogens (primary N) is 1. The maximum absolute atomic E-state index is 13.6. The van der Waals surface area contributed by atoms with E-state index in [9.17, 15) is 23.9 Å². The Kier molecular flexibility index (Phi) is 11.4. The lowest BCUT2D eigenvalue weighted by Gasteiger charge is -2.46.